The second kappa shape index (κ2) is 5.34. The summed E-state index contributed by atoms with van der Waals surface area (Å²) < 4.78 is 2.02. The summed E-state index contributed by atoms with van der Waals surface area (Å²) in [4.78, 5) is 15.3. The number of thioether (sulfide) groups is 1. The number of aromatic nitrogens is 2. The lowest BCUT2D eigenvalue weighted by atomic mass is 10.1. The molecule has 4 heteroatoms. The standard InChI is InChI=1S/C12H16N2OS/c1-2-14-9-8-11(15)13-12(14)16-10-6-4-3-5-7-10/h4,6,8-10H,2-3,5,7H2,1H3/t10-/m1/s1. The molecule has 86 valence electrons. The summed E-state index contributed by atoms with van der Waals surface area (Å²) in [5, 5.41) is 1.31. The predicted molar refractivity (Wildman–Crippen MR) is 66.8 cm³/mol. The summed E-state index contributed by atoms with van der Waals surface area (Å²) >= 11 is 1.69. The van der Waals surface area contributed by atoms with Crippen molar-refractivity contribution < 1.29 is 0 Å². The molecule has 2 rings (SSSR count). The van der Waals surface area contributed by atoms with Crippen LogP contribution in [0.3, 0.4) is 0 Å². The zero-order chi connectivity index (χ0) is 11.4. The Balaban J connectivity index is 2.18. The van der Waals surface area contributed by atoms with Crippen molar-refractivity contribution in [1.29, 1.82) is 0 Å². The van der Waals surface area contributed by atoms with Gasteiger partial charge in [-0.05, 0) is 26.2 Å². The predicted octanol–water partition coefficient (Wildman–Crippen LogP) is 2.46. The maximum atomic E-state index is 11.2. The van der Waals surface area contributed by atoms with E-state index in [2.05, 4.69) is 24.1 Å². The Morgan fingerprint density at radius 3 is 3.19 bits per heavy atom. The van der Waals surface area contributed by atoms with Crippen molar-refractivity contribution in [3.05, 3.63) is 34.8 Å². The highest BCUT2D eigenvalue weighted by atomic mass is 32.2. The minimum atomic E-state index is -0.146. The topological polar surface area (TPSA) is 34.9 Å². The van der Waals surface area contributed by atoms with Crippen LogP contribution in [0.25, 0.3) is 0 Å². The van der Waals surface area contributed by atoms with E-state index in [1.807, 2.05) is 10.8 Å². The second-order valence-electron chi connectivity index (χ2n) is 3.85. The molecular weight excluding hydrogens is 220 g/mol. The molecule has 0 radical (unpaired) electrons. The van der Waals surface area contributed by atoms with E-state index in [-0.39, 0.29) is 5.56 Å². The monoisotopic (exact) mass is 236 g/mol. The van der Waals surface area contributed by atoms with Gasteiger partial charge >= 0.3 is 0 Å². The first-order chi connectivity index (χ1) is 7.79. The van der Waals surface area contributed by atoms with E-state index >= 15 is 0 Å². The van der Waals surface area contributed by atoms with Gasteiger partial charge in [0.05, 0.1) is 0 Å². The first-order valence-corrected chi connectivity index (χ1v) is 6.58. The van der Waals surface area contributed by atoms with E-state index in [4.69, 9.17) is 0 Å². The molecule has 1 heterocycles. The van der Waals surface area contributed by atoms with Gasteiger partial charge in [0.15, 0.2) is 5.16 Å². The summed E-state index contributed by atoms with van der Waals surface area (Å²) in [6, 6.07) is 1.52. The van der Waals surface area contributed by atoms with Gasteiger partial charge < -0.3 is 4.57 Å². The highest BCUT2D eigenvalue weighted by Gasteiger charge is 2.12. The van der Waals surface area contributed by atoms with Crippen LogP contribution >= 0.6 is 11.8 Å². The average Bonchev–Trinajstić information content (AvgIpc) is 2.31. The maximum Gasteiger partial charge on any atom is 0.273 e. The lowest BCUT2D eigenvalue weighted by Gasteiger charge is -2.17. The first kappa shape index (κ1) is 11.5. The summed E-state index contributed by atoms with van der Waals surface area (Å²) in [6.07, 6.45) is 9.86. The van der Waals surface area contributed by atoms with E-state index in [9.17, 15) is 4.79 Å². The van der Waals surface area contributed by atoms with Gasteiger partial charge in [-0.2, -0.15) is 4.98 Å². The molecule has 1 aliphatic carbocycles. The molecule has 3 nitrogen and oxygen atoms in total. The van der Waals surface area contributed by atoms with Crippen molar-refractivity contribution in [3.63, 3.8) is 0 Å². The molecule has 0 aliphatic heterocycles. The quantitative estimate of drug-likeness (QED) is 0.597. The molecule has 0 fully saturated rings. The van der Waals surface area contributed by atoms with Crippen molar-refractivity contribution in [2.45, 2.75) is 43.1 Å². The van der Waals surface area contributed by atoms with Gasteiger partial charge in [-0.15, -0.1) is 0 Å². The van der Waals surface area contributed by atoms with Gasteiger partial charge in [0, 0.05) is 24.1 Å². The van der Waals surface area contributed by atoms with Crippen LogP contribution in [0.2, 0.25) is 0 Å². The van der Waals surface area contributed by atoms with Gasteiger partial charge in [-0.1, -0.05) is 23.9 Å². The summed E-state index contributed by atoms with van der Waals surface area (Å²) in [5.74, 6) is 0. The smallest absolute Gasteiger partial charge is 0.273 e. The number of nitrogens with zero attached hydrogens (tertiary/aromatic N) is 2. The molecule has 0 aromatic carbocycles. The number of allylic oxidation sites excluding steroid dienone is 1. The van der Waals surface area contributed by atoms with Crippen LogP contribution < -0.4 is 5.56 Å². The number of rotatable bonds is 3. The van der Waals surface area contributed by atoms with Crippen molar-refractivity contribution in [2.75, 3.05) is 0 Å². The van der Waals surface area contributed by atoms with Gasteiger partial charge in [0.25, 0.3) is 5.56 Å². The van der Waals surface area contributed by atoms with Gasteiger partial charge in [0.1, 0.15) is 0 Å². The molecule has 1 aliphatic rings. The maximum absolute atomic E-state index is 11.2. The highest BCUT2D eigenvalue weighted by molar-refractivity contribution is 7.99. The van der Waals surface area contributed by atoms with Crippen LogP contribution in [0, 0.1) is 0 Å². The SMILES string of the molecule is CCn1ccc(=O)nc1S[C@@H]1C=CCCC1. The normalized spacial score (nSPS) is 19.9. The molecular formula is C12H16N2OS. The molecule has 1 atom stereocenters. The van der Waals surface area contributed by atoms with Gasteiger partial charge in [0.2, 0.25) is 0 Å². The van der Waals surface area contributed by atoms with E-state index in [0.717, 1.165) is 11.7 Å². The average molecular weight is 236 g/mol. The number of hydrogen-bond donors (Lipinski definition) is 0. The first-order valence-electron chi connectivity index (χ1n) is 5.70. The fourth-order valence-electron chi connectivity index (χ4n) is 1.76. The van der Waals surface area contributed by atoms with Crippen molar-refractivity contribution in [3.8, 4) is 0 Å². The zero-order valence-electron chi connectivity index (χ0n) is 9.43. The minimum Gasteiger partial charge on any atom is -0.328 e. The Bertz CT molecular complexity index is 439. The zero-order valence-corrected chi connectivity index (χ0v) is 10.2. The van der Waals surface area contributed by atoms with Gasteiger partial charge in [-0.3, -0.25) is 4.79 Å². The van der Waals surface area contributed by atoms with E-state index in [1.54, 1.807) is 11.8 Å². The Labute approximate surface area is 99.6 Å². The molecule has 0 N–H and O–H groups in total. The summed E-state index contributed by atoms with van der Waals surface area (Å²) in [7, 11) is 0. The molecule has 0 amide bonds. The van der Waals surface area contributed by atoms with Crippen LogP contribution in [-0.2, 0) is 6.54 Å². The van der Waals surface area contributed by atoms with E-state index < -0.39 is 0 Å². The van der Waals surface area contributed by atoms with Crippen LogP contribution in [-0.4, -0.2) is 14.8 Å². The van der Waals surface area contributed by atoms with E-state index in [0.29, 0.717) is 5.25 Å². The fraction of sp³-hybridized carbons (Fsp3) is 0.500. The molecule has 16 heavy (non-hydrogen) atoms. The van der Waals surface area contributed by atoms with Crippen LogP contribution in [0.15, 0.2) is 34.4 Å². The molecule has 0 spiro atoms. The third-order valence-electron chi connectivity index (χ3n) is 2.66. The number of aryl methyl sites for hydroxylation is 1. The molecule has 0 unspecified atom stereocenters. The Hall–Kier alpha value is -1.03. The highest BCUT2D eigenvalue weighted by Crippen LogP contribution is 2.28. The Morgan fingerprint density at radius 1 is 1.62 bits per heavy atom. The minimum absolute atomic E-state index is 0.146. The van der Waals surface area contributed by atoms with E-state index in [1.165, 1.54) is 25.3 Å². The van der Waals surface area contributed by atoms with Crippen molar-refractivity contribution >= 4 is 11.8 Å². The van der Waals surface area contributed by atoms with Crippen molar-refractivity contribution in [1.82, 2.24) is 9.55 Å². The molecule has 1 aromatic heterocycles. The van der Waals surface area contributed by atoms with Crippen LogP contribution in [0.5, 0.6) is 0 Å². The summed E-state index contributed by atoms with van der Waals surface area (Å²) in [6.45, 7) is 2.92. The van der Waals surface area contributed by atoms with Crippen LogP contribution in [0.1, 0.15) is 26.2 Å². The fourth-order valence-corrected chi connectivity index (χ4v) is 2.98. The Kier molecular flexibility index (Phi) is 3.83. The lowest BCUT2D eigenvalue weighted by molar-refractivity contribution is 0.636. The molecule has 0 bridgehead atoms. The largest absolute Gasteiger partial charge is 0.328 e. The third-order valence-corrected chi connectivity index (χ3v) is 3.89. The molecule has 1 aromatic rings. The third kappa shape index (κ3) is 2.76. The Morgan fingerprint density at radius 2 is 2.50 bits per heavy atom. The molecule has 0 saturated carbocycles. The van der Waals surface area contributed by atoms with Gasteiger partial charge in [-0.25, -0.2) is 0 Å². The lowest BCUT2D eigenvalue weighted by Crippen LogP contribution is -2.14. The molecule has 0 saturated heterocycles. The van der Waals surface area contributed by atoms with Crippen LogP contribution in [0.4, 0.5) is 0 Å². The second-order valence-corrected chi connectivity index (χ2v) is 5.06. The van der Waals surface area contributed by atoms with Crippen molar-refractivity contribution in [2.24, 2.45) is 0 Å². The summed E-state index contributed by atoms with van der Waals surface area (Å²) in [5.41, 5.74) is -0.146. The number of hydrogen-bond acceptors (Lipinski definition) is 3.